The monoisotopic (exact) mass is 444 g/mol. The Morgan fingerprint density at radius 3 is 2.21 bits per heavy atom. The van der Waals surface area contributed by atoms with E-state index in [1.807, 2.05) is 48.5 Å². The predicted molar refractivity (Wildman–Crippen MR) is 122 cm³/mol. The lowest BCUT2D eigenvalue weighted by Crippen LogP contribution is -2.46. The third-order valence-electron chi connectivity index (χ3n) is 5.76. The Labute approximate surface area is 191 Å². The number of imide groups is 1. The number of hydrogen-bond donors (Lipinski definition) is 1. The number of nitrogens with zero attached hydrogens (tertiary/aromatic N) is 1. The van der Waals surface area contributed by atoms with Gasteiger partial charge in [0.1, 0.15) is 11.5 Å². The van der Waals surface area contributed by atoms with Gasteiger partial charge >= 0.3 is 6.03 Å². The highest BCUT2D eigenvalue weighted by atomic mass is 16.5. The number of ether oxygens (including phenoxy) is 2. The Bertz CT molecular complexity index is 1180. The Balaban J connectivity index is 1.68. The number of carbonyl (C=O) groups is 3. The van der Waals surface area contributed by atoms with Crippen LogP contribution in [-0.4, -0.2) is 43.4 Å². The maximum Gasteiger partial charge on any atom is 0.325 e. The fourth-order valence-corrected chi connectivity index (χ4v) is 4.07. The SMILES string of the molecule is COc1ccc(OC)c(C(=O)CN2C(=O)NC(Cc3ccccc3)(c3ccccc3)C2=O)c1. The van der Waals surface area contributed by atoms with Gasteiger partial charge < -0.3 is 14.8 Å². The van der Waals surface area contributed by atoms with Crippen molar-refractivity contribution in [3.63, 3.8) is 0 Å². The van der Waals surface area contributed by atoms with Crippen molar-refractivity contribution in [1.29, 1.82) is 0 Å². The van der Waals surface area contributed by atoms with Gasteiger partial charge in [-0.25, -0.2) is 4.79 Å². The highest BCUT2D eigenvalue weighted by molar-refractivity contribution is 6.12. The summed E-state index contributed by atoms with van der Waals surface area (Å²) in [5, 5.41) is 2.87. The van der Waals surface area contributed by atoms with E-state index in [2.05, 4.69) is 5.32 Å². The molecule has 7 heteroatoms. The molecular weight excluding hydrogens is 420 g/mol. The average molecular weight is 444 g/mol. The Morgan fingerprint density at radius 1 is 0.909 bits per heavy atom. The molecule has 3 aromatic rings. The normalized spacial score (nSPS) is 17.6. The van der Waals surface area contributed by atoms with Gasteiger partial charge in [-0.1, -0.05) is 60.7 Å². The lowest BCUT2D eigenvalue weighted by atomic mass is 9.83. The zero-order valence-electron chi connectivity index (χ0n) is 18.4. The van der Waals surface area contributed by atoms with Crippen molar-refractivity contribution in [3.05, 3.63) is 95.6 Å². The van der Waals surface area contributed by atoms with Crippen LogP contribution in [0.4, 0.5) is 4.79 Å². The second-order valence-corrected chi connectivity index (χ2v) is 7.74. The second-order valence-electron chi connectivity index (χ2n) is 7.74. The maximum absolute atomic E-state index is 13.7. The van der Waals surface area contributed by atoms with Crippen molar-refractivity contribution >= 4 is 17.7 Å². The van der Waals surface area contributed by atoms with Crippen LogP contribution < -0.4 is 14.8 Å². The van der Waals surface area contributed by atoms with Gasteiger partial charge in [-0.2, -0.15) is 0 Å². The van der Waals surface area contributed by atoms with E-state index >= 15 is 0 Å². The molecule has 1 aliphatic rings. The quantitative estimate of drug-likeness (QED) is 0.424. The summed E-state index contributed by atoms with van der Waals surface area (Å²) in [6.45, 7) is -0.419. The molecule has 0 aromatic heterocycles. The summed E-state index contributed by atoms with van der Waals surface area (Å²) in [5.74, 6) is -0.0962. The molecule has 4 rings (SSSR count). The number of Topliss-reactive ketones (excluding diaryl/α,β-unsaturated/α-hetero) is 1. The van der Waals surface area contributed by atoms with E-state index in [1.165, 1.54) is 20.3 Å². The third-order valence-corrected chi connectivity index (χ3v) is 5.76. The minimum absolute atomic E-state index is 0.234. The summed E-state index contributed by atoms with van der Waals surface area (Å²) < 4.78 is 10.5. The Morgan fingerprint density at radius 2 is 1.58 bits per heavy atom. The fraction of sp³-hybridized carbons (Fsp3) is 0.192. The number of urea groups is 1. The van der Waals surface area contributed by atoms with Gasteiger partial charge in [-0.3, -0.25) is 14.5 Å². The standard InChI is InChI=1S/C26H24N2O5/c1-32-20-13-14-23(33-2)21(15-20)22(29)17-28-24(30)26(27-25(28)31,19-11-7-4-8-12-19)16-18-9-5-3-6-10-18/h3-15H,16-17H2,1-2H3,(H,27,31). The molecule has 1 aliphatic heterocycles. The topological polar surface area (TPSA) is 84.9 Å². The summed E-state index contributed by atoms with van der Waals surface area (Å²) in [7, 11) is 2.94. The number of hydrogen-bond acceptors (Lipinski definition) is 5. The molecule has 7 nitrogen and oxygen atoms in total. The van der Waals surface area contributed by atoms with Gasteiger partial charge in [0.15, 0.2) is 11.3 Å². The van der Waals surface area contributed by atoms with Crippen LogP contribution >= 0.6 is 0 Å². The molecular formula is C26H24N2O5. The Hall–Kier alpha value is -4.13. The van der Waals surface area contributed by atoms with E-state index in [1.54, 1.807) is 24.3 Å². The average Bonchev–Trinajstić information content (AvgIpc) is 3.09. The zero-order valence-corrected chi connectivity index (χ0v) is 18.4. The van der Waals surface area contributed by atoms with Crippen molar-refractivity contribution in [3.8, 4) is 11.5 Å². The summed E-state index contributed by atoms with van der Waals surface area (Å²) in [6, 6.07) is 22.7. The van der Waals surface area contributed by atoms with E-state index in [0.29, 0.717) is 17.1 Å². The number of methoxy groups -OCH3 is 2. The zero-order chi connectivity index (χ0) is 23.4. The molecule has 168 valence electrons. The molecule has 1 atom stereocenters. The summed E-state index contributed by atoms with van der Waals surface area (Å²) >= 11 is 0. The predicted octanol–water partition coefficient (Wildman–Crippen LogP) is 3.58. The number of ketones is 1. The summed E-state index contributed by atoms with van der Waals surface area (Å²) in [5.41, 5.74) is 0.467. The number of carbonyl (C=O) groups excluding carboxylic acids is 3. The highest BCUT2D eigenvalue weighted by Gasteiger charge is 2.52. The van der Waals surface area contributed by atoms with Crippen LogP contribution in [0.3, 0.4) is 0 Å². The molecule has 1 unspecified atom stereocenters. The molecule has 3 amide bonds. The second kappa shape index (κ2) is 9.16. The molecule has 33 heavy (non-hydrogen) atoms. The van der Waals surface area contributed by atoms with Crippen LogP contribution in [0.15, 0.2) is 78.9 Å². The van der Waals surface area contributed by atoms with Gasteiger partial charge in [0.2, 0.25) is 0 Å². The van der Waals surface area contributed by atoms with Gasteiger partial charge in [-0.15, -0.1) is 0 Å². The minimum Gasteiger partial charge on any atom is -0.497 e. The first kappa shape index (κ1) is 22.1. The van der Waals surface area contributed by atoms with Crippen LogP contribution in [0, 0.1) is 0 Å². The van der Waals surface area contributed by atoms with Crippen molar-refractivity contribution in [1.82, 2.24) is 10.2 Å². The number of amides is 3. The lowest BCUT2D eigenvalue weighted by Gasteiger charge is -2.27. The molecule has 0 radical (unpaired) electrons. The maximum atomic E-state index is 13.7. The molecule has 0 spiro atoms. The molecule has 1 heterocycles. The van der Waals surface area contributed by atoms with E-state index in [9.17, 15) is 14.4 Å². The molecule has 0 bridgehead atoms. The largest absolute Gasteiger partial charge is 0.497 e. The van der Waals surface area contributed by atoms with E-state index < -0.39 is 29.8 Å². The summed E-state index contributed by atoms with van der Waals surface area (Å²) in [6.07, 6.45) is 0.260. The number of benzene rings is 3. The lowest BCUT2D eigenvalue weighted by molar-refractivity contribution is -0.131. The van der Waals surface area contributed by atoms with E-state index in [4.69, 9.17) is 9.47 Å². The third kappa shape index (κ3) is 4.17. The molecule has 1 N–H and O–H groups in total. The number of rotatable bonds is 8. The molecule has 0 saturated carbocycles. The highest BCUT2D eigenvalue weighted by Crippen LogP contribution is 2.33. The van der Waals surface area contributed by atoms with Crippen molar-refractivity contribution in [2.45, 2.75) is 12.0 Å². The molecule has 3 aromatic carbocycles. The molecule has 0 aliphatic carbocycles. The minimum atomic E-state index is -1.31. The van der Waals surface area contributed by atoms with Crippen LogP contribution in [0.25, 0.3) is 0 Å². The first-order valence-electron chi connectivity index (χ1n) is 10.5. The first-order chi connectivity index (χ1) is 16.0. The van der Waals surface area contributed by atoms with E-state index in [-0.39, 0.29) is 12.0 Å². The van der Waals surface area contributed by atoms with Crippen molar-refractivity contribution < 1.29 is 23.9 Å². The fourth-order valence-electron chi connectivity index (χ4n) is 4.07. The molecule has 1 saturated heterocycles. The summed E-state index contributed by atoms with van der Waals surface area (Å²) in [4.78, 5) is 40.8. The van der Waals surface area contributed by atoms with Crippen LogP contribution in [0.1, 0.15) is 21.5 Å². The van der Waals surface area contributed by atoms with E-state index in [0.717, 1.165) is 10.5 Å². The van der Waals surface area contributed by atoms with Crippen molar-refractivity contribution in [2.75, 3.05) is 20.8 Å². The van der Waals surface area contributed by atoms with Crippen molar-refractivity contribution in [2.24, 2.45) is 0 Å². The van der Waals surface area contributed by atoms with Gasteiger partial charge in [0, 0.05) is 6.42 Å². The van der Waals surface area contributed by atoms with Crippen LogP contribution in [0.5, 0.6) is 11.5 Å². The van der Waals surface area contributed by atoms with Crippen LogP contribution in [0.2, 0.25) is 0 Å². The van der Waals surface area contributed by atoms with Gasteiger partial charge in [-0.05, 0) is 29.3 Å². The first-order valence-corrected chi connectivity index (χ1v) is 10.5. The number of nitrogens with one attached hydrogen (secondary N) is 1. The Kier molecular flexibility index (Phi) is 6.13. The van der Waals surface area contributed by atoms with Gasteiger partial charge in [0.25, 0.3) is 5.91 Å². The van der Waals surface area contributed by atoms with Crippen LogP contribution in [-0.2, 0) is 16.8 Å². The van der Waals surface area contributed by atoms with Gasteiger partial charge in [0.05, 0.1) is 26.3 Å². The smallest absolute Gasteiger partial charge is 0.325 e. The molecule has 1 fully saturated rings.